The molecule has 6 rings (SSSR count). The van der Waals surface area contributed by atoms with E-state index in [9.17, 15) is 14.0 Å². The summed E-state index contributed by atoms with van der Waals surface area (Å²) in [5, 5.41) is -0.538. The standard InChI is InChI=1S/C37H27BrFNO3S/c38-29-15-20-32(34(23-29)43-24-25-7-3-1-4-8-25)36-35(22-21-33(41)28-11-16-30(39)17-12-28)44-37(42)40(36)31-18-13-27(14-19-31)26-9-5-2-6-10-26/h1-23,35-36H,24H2/b22-21+/t35-,36-/m1/s1. The number of carbonyl (C=O) groups is 2. The van der Waals surface area contributed by atoms with Gasteiger partial charge in [0.05, 0.1) is 11.3 Å². The molecule has 0 N–H and O–H groups in total. The smallest absolute Gasteiger partial charge is 0.287 e. The number of ether oxygens (including phenoxy) is 1. The van der Waals surface area contributed by atoms with E-state index < -0.39 is 17.1 Å². The van der Waals surface area contributed by atoms with Crippen LogP contribution in [0.4, 0.5) is 14.9 Å². The van der Waals surface area contributed by atoms with Gasteiger partial charge in [-0.2, -0.15) is 0 Å². The maximum absolute atomic E-state index is 13.7. The van der Waals surface area contributed by atoms with Gasteiger partial charge in [0.2, 0.25) is 0 Å². The van der Waals surface area contributed by atoms with Crippen molar-refractivity contribution in [2.45, 2.75) is 17.9 Å². The topological polar surface area (TPSA) is 46.6 Å². The van der Waals surface area contributed by atoms with Gasteiger partial charge in [-0.1, -0.05) is 113 Å². The predicted molar refractivity (Wildman–Crippen MR) is 179 cm³/mol. The van der Waals surface area contributed by atoms with Crippen molar-refractivity contribution in [3.63, 3.8) is 0 Å². The lowest BCUT2D eigenvalue weighted by Gasteiger charge is -2.28. The Labute approximate surface area is 268 Å². The van der Waals surface area contributed by atoms with Crippen molar-refractivity contribution < 1.29 is 18.7 Å². The number of thioether (sulfide) groups is 1. The summed E-state index contributed by atoms with van der Waals surface area (Å²) >= 11 is 4.74. The quantitative estimate of drug-likeness (QED) is 0.116. The van der Waals surface area contributed by atoms with Crippen LogP contribution in [0.5, 0.6) is 5.75 Å². The molecule has 5 aromatic rings. The average Bonchev–Trinajstić information content (AvgIpc) is 3.39. The number of carbonyl (C=O) groups excluding carboxylic acids is 2. The first-order valence-corrected chi connectivity index (χ1v) is 15.7. The zero-order valence-corrected chi connectivity index (χ0v) is 25.9. The monoisotopic (exact) mass is 663 g/mol. The molecule has 0 aromatic heterocycles. The molecule has 44 heavy (non-hydrogen) atoms. The summed E-state index contributed by atoms with van der Waals surface area (Å²) in [5.41, 5.74) is 5.08. The summed E-state index contributed by atoms with van der Waals surface area (Å²) in [7, 11) is 0. The average molecular weight is 665 g/mol. The van der Waals surface area contributed by atoms with Crippen LogP contribution < -0.4 is 9.64 Å². The molecule has 0 aliphatic carbocycles. The van der Waals surface area contributed by atoms with Gasteiger partial charge in [-0.15, -0.1) is 0 Å². The summed E-state index contributed by atoms with van der Waals surface area (Å²) in [6.07, 6.45) is 3.23. The fourth-order valence-electron chi connectivity index (χ4n) is 5.18. The minimum atomic E-state index is -0.466. The normalized spacial score (nSPS) is 16.4. The molecule has 0 bridgehead atoms. The third kappa shape index (κ3) is 6.69. The first-order chi connectivity index (χ1) is 21.5. The van der Waals surface area contributed by atoms with Crippen molar-refractivity contribution in [1.29, 1.82) is 0 Å². The van der Waals surface area contributed by atoms with Gasteiger partial charge < -0.3 is 4.74 Å². The Kier molecular flexibility index (Phi) is 9.05. The minimum absolute atomic E-state index is 0.136. The number of halogens is 2. The van der Waals surface area contributed by atoms with Crippen LogP contribution >= 0.6 is 27.7 Å². The number of nitrogens with zero attached hydrogens (tertiary/aromatic N) is 1. The second kappa shape index (κ2) is 13.5. The van der Waals surface area contributed by atoms with Gasteiger partial charge in [-0.05, 0) is 71.3 Å². The lowest BCUT2D eigenvalue weighted by atomic mass is 9.98. The lowest BCUT2D eigenvalue weighted by Crippen LogP contribution is -2.29. The molecule has 1 aliphatic rings. The number of hydrogen-bond acceptors (Lipinski definition) is 4. The summed E-state index contributed by atoms with van der Waals surface area (Å²) < 4.78 is 20.6. The Morgan fingerprint density at radius 3 is 2.20 bits per heavy atom. The largest absolute Gasteiger partial charge is 0.489 e. The highest BCUT2D eigenvalue weighted by Crippen LogP contribution is 2.48. The lowest BCUT2D eigenvalue weighted by molar-refractivity contribution is 0.104. The molecular formula is C37H27BrFNO3S. The molecule has 1 fully saturated rings. The molecule has 1 heterocycles. The van der Waals surface area contributed by atoms with Crippen molar-refractivity contribution in [2.75, 3.05) is 4.90 Å². The zero-order valence-electron chi connectivity index (χ0n) is 23.5. The Balaban J connectivity index is 1.37. The molecule has 7 heteroatoms. The second-order valence-electron chi connectivity index (χ2n) is 10.3. The van der Waals surface area contributed by atoms with Crippen LogP contribution in [0.1, 0.15) is 27.5 Å². The number of ketones is 1. The highest BCUT2D eigenvalue weighted by atomic mass is 79.9. The van der Waals surface area contributed by atoms with Gasteiger partial charge in [-0.3, -0.25) is 14.5 Å². The molecule has 0 saturated carbocycles. The zero-order chi connectivity index (χ0) is 30.5. The number of anilines is 1. The van der Waals surface area contributed by atoms with E-state index in [1.807, 2.05) is 103 Å². The van der Waals surface area contributed by atoms with Gasteiger partial charge in [0, 0.05) is 21.3 Å². The van der Waals surface area contributed by atoms with E-state index in [1.54, 1.807) is 11.0 Å². The second-order valence-corrected chi connectivity index (χ2v) is 12.3. The predicted octanol–water partition coefficient (Wildman–Crippen LogP) is 10.1. The maximum Gasteiger partial charge on any atom is 0.287 e. The molecule has 1 amide bonds. The van der Waals surface area contributed by atoms with E-state index in [1.165, 1.54) is 30.3 Å². The first kappa shape index (κ1) is 29.6. The third-order valence-corrected chi connectivity index (χ3v) is 8.95. The van der Waals surface area contributed by atoms with Crippen LogP contribution in [0, 0.1) is 5.82 Å². The van der Waals surface area contributed by atoms with Crippen molar-refractivity contribution in [1.82, 2.24) is 0 Å². The van der Waals surface area contributed by atoms with E-state index >= 15 is 0 Å². The van der Waals surface area contributed by atoms with Crippen molar-refractivity contribution >= 4 is 44.4 Å². The Morgan fingerprint density at radius 2 is 1.50 bits per heavy atom. The van der Waals surface area contributed by atoms with E-state index in [4.69, 9.17) is 4.74 Å². The van der Waals surface area contributed by atoms with Crippen molar-refractivity contribution in [3.05, 3.63) is 167 Å². The maximum atomic E-state index is 13.7. The van der Waals surface area contributed by atoms with E-state index in [-0.39, 0.29) is 11.0 Å². The molecule has 218 valence electrons. The molecule has 1 saturated heterocycles. The molecule has 0 spiro atoms. The Hall–Kier alpha value is -4.46. The number of amides is 1. The molecule has 0 unspecified atom stereocenters. The molecule has 0 radical (unpaired) electrons. The summed E-state index contributed by atoms with van der Waals surface area (Å²) in [4.78, 5) is 28.5. The number of hydrogen-bond donors (Lipinski definition) is 0. The Morgan fingerprint density at radius 1 is 0.841 bits per heavy atom. The fraction of sp³-hybridized carbons (Fsp3) is 0.0811. The fourth-order valence-corrected chi connectivity index (χ4v) is 6.64. The van der Waals surface area contributed by atoms with Crippen molar-refractivity contribution in [2.24, 2.45) is 0 Å². The van der Waals surface area contributed by atoms with Crippen LogP contribution in [0.25, 0.3) is 11.1 Å². The van der Waals surface area contributed by atoms with Crippen LogP contribution in [-0.2, 0) is 6.61 Å². The minimum Gasteiger partial charge on any atom is -0.489 e. The number of allylic oxidation sites excluding steroid dienone is 1. The van der Waals surface area contributed by atoms with Crippen LogP contribution in [0.3, 0.4) is 0 Å². The summed E-state index contributed by atoms with van der Waals surface area (Å²) in [6.45, 7) is 0.355. The van der Waals surface area contributed by atoms with Crippen LogP contribution in [0.15, 0.2) is 144 Å². The van der Waals surface area contributed by atoms with Gasteiger partial charge in [-0.25, -0.2) is 4.39 Å². The number of benzene rings is 5. The summed E-state index contributed by atoms with van der Waals surface area (Å²) in [5.74, 6) is -0.0359. The Bertz CT molecular complexity index is 1800. The molecule has 2 atom stereocenters. The van der Waals surface area contributed by atoms with E-state index in [0.29, 0.717) is 17.9 Å². The molecule has 1 aliphatic heterocycles. The molecular weight excluding hydrogens is 637 g/mol. The third-order valence-electron chi connectivity index (χ3n) is 7.37. The SMILES string of the molecule is O=C(/C=C/[C@H]1SC(=O)N(c2ccc(-c3ccccc3)cc2)[C@@H]1c1ccc(Br)cc1OCc1ccccc1)c1ccc(F)cc1. The van der Waals surface area contributed by atoms with Crippen molar-refractivity contribution in [3.8, 4) is 16.9 Å². The van der Waals surface area contributed by atoms with Gasteiger partial charge in [0.1, 0.15) is 18.2 Å². The van der Waals surface area contributed by atoms with E-state index in [2.05, 4.69) is 15.9 Å². The van der Waals surface area contributed by atoms with Gasteiger partial charge in [0.25, 0.3) is 5.24 Å². The molecule has 4 nitrogen and oxygen atoms in total. The van der Waals surface area contributed by atoms with E-state index in [0.717, 1.165) is 44.2 Å². The van der Waals surface area contributed by atoms with Crippen LogP contribution in [-0.4, -0.2) is 16.3 Å². The summed E-state index contributed by atoms with van der Waals surface area (Å²) in [6, 6.07) is 38.6. The highest BCUT2D eigenvalue weighted by Gasteiger charge is 2.43. The first-order valence-electron chi connectivity index (χ1n) is 14.1. The van der Waals surface area contributed by atoms with Crippen LogP contribution in [0.2, 0.25) is 0 Å². The van der Waals surface area contributed by atoms with Gasteiger partial charge in [0.15, 0.2) is 5.78 Å². The van der Waals surface area contributed by atoms with Gasteiger partial charge >= 0.3 is 0 Å². The highest BCUT2D eigenvalue weighted by molar-refractivity contribution is 9.10. The number of rotatable bonds is 9. The molecule has 5 aromatic carbocycles.